The van der Waals surface area contributed by atoms with Crippen molar-refractivity contribution in [2.75, 3.05) is 7.11 Å². The van der Waals surface area contributed by atoms with Gasteiger partial charge >= 0.3 is 0 Å². The molecule has 2 fully saturated rings. The molecule has 0 aliphatic heterocycles. The molecule has 0 amide bonds. The molecule has 0 aromatic heterocycles. The minimum absolute atomic E-state index is 0.0280. The summed E-state index contributed by atoms with van der Waals surface area (Å²) in [6.07, 6.45) is 14.7. The number of hydrogen-bond donors (Lipinski definition) is 0. The summed E-state index contributed by atoms with van der Waals surface area (Å²) in [5.41, 5.74) is 1.17. The van der Waals surface area contributed by atoms with Crippen molar-refractivity contribution in [1.82, 2.24) is 0 Å². The number of benzene rings is 2. The van der Waals surface area contributed by atoms with E-state index < -0.39 is 11.6 Å². The number of ether oxygens (including phenoxy) is 1. The van der Waals surface area contributed by atoms with Crippen molar-refractivity contribution in [3.63, 3.8) is 0 Å². The summed E-state index contributed by atoms with van der Waals surface area (Å²) in [5, 5.41) is 1.08. The van der Waals surface area contributed by atoms with Gasteiger partial charge in [0.2, 0.25) is 5.82 Å². The van der Waals surface area contributed by atoms with Crippen LogP contribution in [0.25, 0.3) is 10.8 Å². The Morgan fingerprint density at radius 2 is 1.70 bits per heavy atom. The maximum atomic E-state index is 14.6. The zero-order valence-corrected chi connectivity index (χ0v) is 18.6. The van der Waals surface area contributed by atoms with E-state index in [2.05, 4.69) is 13.0 Å². The summed E-state index contributed by atoms with van der Waals surface area (Å²) in [6.45, 7) is 2.28. The van der Waals surface area contributed by atoms with Crippen molar-refractivity contribution in [2.45, 2.75) is 83.5 Å². The molecule has 2 aliphatic rings. The second kappa shape index (κ2) is 9.66. The first-order valence-electron chi connectivity index (χ1n) is 12.1. The van der Waals surface area contributed by atoms with E-state index in [4.69, 9.17) is 4.74 Å². The molecule has 2 aromatic carbocycles. The Morgan fingerprint density at radius 3 is 2.50 bits per heavy atom. The quantitative estimate of drug-likeness (QED) is 0.413. The molecule has 2 aliphatic carbocycles. The molecule has 30 heavy (non-hydrogen) atoms. The van der Waals surface area contributed by atoms with Gasteiger partial charge in [-0.05, 0) is 78.9 Å². The lowest BCUT2D eigenvalue weighted by Gasteiger charge is -2.42. The van der Waals surface area contributed by atoms with E-state index in [9.17, 15) is 8.78 Å². The molecule has 164 valence electrons. The molecular weight excluding hydrogens is 378 g/mol. The molecule has 0 radical (unpaired) electrons. The lowest BCUT2D eigenvalue weighted by atomic mass is 9.63. The SMILES string of the molecule is CCCCCCC1CCC2CC(c3ccc4cc(OC)c(F)c(F)c4c3)CCC2C1. The summed E-state index contributed by atoms with van der Waals surface area (Å²) >= 11 is 0. The first-order chi connectivity index (χ1) is 14.6. The number of methoxy groups -OCH3 is 1. The van der Waals surface area contributed by atoms with E-state index in [1.807, 2.05) is 12.1 Å². The molecule has 0 N–H and O–H groups in total. The maximum absolute atomic E-state index is 14.6. The van der Waals surface area contributed by atoms with Gasteiger partial charge in [-0.3, -0.25) is 0 Å². The van der Waals surface area contributed by atoms with Gasteiger partial charge in [0.1, 0.15) is 0 Å². The van der Waals surface area contributed by atoms with Crippen LogP contribution in [0, 0.1) is 29.4 Å². The third-order valence-electron chi connectivity index (χ3n) is 7.89. The van der Waals surface area contributed by atoms with Crippen LogP contribution in [0.5, 0.6) is 5.75 Å². The largest absolute Gasteiger partial charge is 0.494 e. The zero-order chi connectivity index (χ0) is 21.1. The number of rotatable bonds is 7. The summed E-state index contributed by atoms with van der Waals surface area (Å²) in [7, 11) is 1.37. The molecule has 4 unspecified atom stereocenters. The predicted molar refractivity (Wildman–Crippen MR) is 120 cm³/mol. The van der Waals surface area contributed by atoms with Crippen LogP contribution in [0.3, 0.4) is 0 Å². The van der Waals surface area contributed by atoms with E-state index >= 15 is 0 Å². The normalized spacial score (nSPS) is 26.5. The Kier molecular flexibility index (Phi) is 6.95. The third-order valence-corrected chi connectivity index (χ3v) is 7.89. The number of unbranched alkanes of at least 4 members (excludes halogenated alkanes) is 3. The fourth-order valence-corrected chi connectivity index (χ4v) is 6.13. The van der Waals surface area contributed by atoms with Gasteiger partial charge in [-0.2, -0.15) is 4.39 Å². The standard InChI is InChI=1S/C27H36F2O/c1-3-4-5-6-7-18-8-9-20-15-21(11-10-19(20)14-18)22-12-13-23-17-25(30-2)27(29)26(28)24(23)16-22/h12-13,16-21H,3-11,14-15H2,1-2H3. The molecule has 4 rings (SSSR count). The minimum atomic E-state index is -0.886. The van der Waals surface area contributed by atoms with Crippen molar-refractivity contribution in [2.24, 2.45) is 17.8 Å². The monoisotopic (exact) mass is 414 g/mol. The van der Waals surface area contributed by atoms with Gasteiger partial charge in [-0.25, -0.2) is 4.39 Å². The number of fused-ring (bicyclic) bond motifs is 2. The van der Waals surface area contributed by atoms with Gasteiger partial charge in [0.25, 0.3) is 0 Å². The Morgan fingerprint density at radius 1 is 0.900 bits per heavy atom. The van der Waals surface area contributed by atoms with Gasteiger partial charge in [0.15, 0.2) is 11.6 Å². The van der Waals surface area contributed by atoms with E-state index in [0.717, 1.165) is 17.8 Å². The molecule has 0 spiro atoms. The van der Waals surface area contributed by atoms with Crippen LogP contribution in [-0.4, -0.2) is 7.11 Å². The summed E-state index contributed by atoms with van der Waals surface area (Å²) in [4.78, 5) is 0. The Balaban J connectivity index is 1.41. The van der Waals surface area contributed by atoms with E-state index in [0.29, 0.717) is 16.7 Å². The molecule has 1 nitrogen and oxygen atoms in total. The zero-order valence-electron chi connectivity index (χ0n) is 18.6. The maximum Gasteiger partial charge on any atom is 0.201 e. The molecule has 3 heteroatoms. The van der Waals surface area contributed by atoms with Crippen LogP contribution in [-0.2, 0) is 0 Å². The highest BCUT2D eigenvalue weighted by atomic mass is 19.2. The first-order valence-corrected chi connectivity index (χ1v) is 12.1. The van der Waals surface area contributed by atoms with Crippen molar-refractivity contribution in [3.05, 3.63) is 41.5 Å². The van der Waals surface area contributed by atoms with Crippen molar-refractivity contribution in [3.8, 4) is 5.75 Å². The molecule has 2 saturated carbocycles. The van der Waals surface area contributed by atoms with Crippen LogP contribution < -0.4 is 4.74 Å². The van der Waals surface area contributed by atoms with Crippen LogP contribution in [0.4, 0.5) is 8.78 Å². The van der Waals surface area contributed by atoms with Crippen LogP contribution in [0.2, 0.25) is 0 Å². The Hall–Kier alpha value is -1.64. The second-order valence-electron chi connectivity index (χ2n) is 9.75. The van der Waals surface area contributed by atoms with Gasteiger partial charge < -0.3 is 4.74 Å². The molecular formula is C27H36F2O. The van der Waals surface area contributed by atoms with Crippen LogP contribution >= 0.6 is 0 Å². The average Bonchev–Trinajstić information content (AvgIpc) is 2.78. The highest BCUT2D eigenvalue weighted by Crippen LogP contribution is 2.48. The Bertz CT molecular complexity index is 862. The van der Waals surface area contributed by atoms with E-state index in [-0.39, 0.29) is 5.75 Å². The average molecular weight is 415 g/mol. The summed E-state index contributed by atoms with van der Waals surface area (Å²) in [5.74, 6) is 1.40. The van der Waals surface area contributed by atoms with Gasteiger partial charge in [0.05, 0.1) is 7.11 Å². The van der Waals surface area contributed by atoms with Crippen molar-refractivity contribution in [1.29, 1.82) is 0 Å². The third kappa shape index (κ3) is 4.50. The molecule has 0 saturated heterocycles. The van der Waals surface area contributed by atoms with E-state index in [1.54, 1.807) is 6.07 Å². The van der Waals surface area contributed by atoms with Crippen LogP contribution in [0.1, 0.15) is 89.0 Å². The van der Waals surface area contributed by atoms with E-state index in [1.165, 1.54) is 83.3 Å². The minimum Gasteiger partial charge on any atom is -0.494 e. The van der Waals surface area contributed by atoms with Crippen molar-refractivity contribution < 1.29 is 13.5 Å². The molecule has 0 heterocycles. The highest BCUT2D eigenvalue weighted by Gasteiger charge is 2.35. The second-order valence-corrected chi connectivity index (χ2v) is 9.75. The van der Waals surface area contributed by atoms with Crippen LogP contribution in [0.15, 0.2) is 24.3 Å². The fourth-order valence-electron chi connectivity index (χ4n) is 6.13. The summed E-state index contributed by atoms with van der Waals surface area (Å²) < 4.78 is 33.8. The highest BCUT2D eigenvalue weighted by molar-refractivity contribution is 5.85. The molecule has 0 bridgehead atoms. The number of hydrogen-bond acceptors (Lipinski definition) is 1. The van der Waals surface area contributed by atoms with Gasteiger partial charge in [-0.1, -0.05) is 57.6 Å². The summed E-state index contributed by atoms with van der Waals surface area (Å²) in [6, 6.07) is 7.52. The molecule has 4 atom stereocenters. The fraction of sp³-hybridized carbons (Fsp3) is 0.630. The Labute approximate surface area is 180 Å². The van der Waals surface area contributed by atoms with Crippen molar-refractivity contribution >= 4 is 10.8 Å². The van der Waals surface area contributed by atoms with Gasteiger partial charge in [0, 0.05) is 5.39 Å². The number of halogens is 2. The predicted octanol–water partition coefficient (Wildman–Crippen LogP) is 8.40. The van der Waals surface area contributed by atoms with Gasteiger partial charge in [-0.15, -0.1) is 0 Å². The topological polar surface area (TPSA) is 9.23 Å². The molecule has 2 aromatic rings. The lowest BCUT2D eigenvalue weighted by molar-refractivity contribution is 0.113. The first kappa shape index (κ1) is 21.6. The lowest BCUT2D eigenvalue weighted by Crippen LogP contribution is -2.30. The smallest absolute Gasteiger partial charge is 0.201 e.